The molecule has 1 spiro atoms. The number of carbonyl (C=O) groups is 1. The number of pyridine rings is 2. The number of likely N-dealkylation sites (tertiary alicyclic amines) is 1. The number of nitro benzene ring substituents is 1. The summed E-state index contributed by atoms with van der Waals surface area (Å²) in [5.41, 5.74) is 3.90. The molecule has 65 heavy (non-hydrogen) atoms. The molecule has 17 heteroatoms. The molecule has 2 aromatic carbocycles. The van der Waals surface area contributed by atoms with Crippen LogP contribution in [0.2, 0.25) is 0 Å². The van der Waals surface area contributed by atoms with Gasteiger partial charge in [0.15, 0.2) is 22.9 Å². The van der Waals surface area contributed by atoms with Crippen LogP contribution in [0.25, 0.3) is 11.0 Å². The average molecular weight is 905 g/mol. The molecule has 3 aromatic heterocycles. The minimum absolute atomic E-state index is 0.00773. The Balaban J connectivity index is 0.857. The highest BCUT2D eigenvalue weighted by molar-refractivity contribution is 7.90. The lowest BCUT2D eigenvalue weighted by molar-refractivity contribution is -0.384. The lowest BCUT2D eigenvalue weighted by Gasteiger charge is -2.56. The number of aliphatic hydroxyl groups is 1. The summed E-state index contributed by atoms with van der Waals surface area (Å²) in [5.74, 6) is -0.122. The van der Waals surface area contributed by atoms with Crippen LogP contribution >= 0.6 is 0 Å². The number of piperidine rings is 1. The van der Waals surface area contributed by atoms with E-state index < -0.39 is 31.4 Å². The summed E-state index contributed by atoms with van der Waals surface area (Å²) in [5, 5.41) is 26.3. The number of anilines is 2. The Morgan fingerprint density at radius 2 is 1.80 bits per heavy atom. The molecule has 5 aromatic rings. The Morgan fingerprint density at radius 3 is 2.57 bits per heavy atom. The average Bonchev–Trinajstić information content (AvgIpc) is 3.98. The third kappa shape index (κ3) is 8.49. The number of nitrogens with one attached hydrogen (secondary N) is 3. The van der Waals surface area contributed by atoms with Crippen molar-refractivity contribution in [2.75, 3.05) is 36.5 Å². The van der Waals surface area contributed by atoms with Crippen LogP contribution in [0.1, 0.15) is 112 Å². The van der Waals surface area contributed by atoms with Gasteiger partial charge in [-0.05, 0) is 111 Å². The topological polar surface area (TPSA) is 205 Å². The zero-order valence-electron chi connectivity index (χ0n) is 36.7. The highest BCUT2D eigenvalue weighted by atomic mass is 32.2. The SMILES string of the molecule is CC(C)c1ccccc1[C@@H]1CCCN1C1CC2(CCN(c3cnc(C(=O)NS(=O)(=O)c4cc5c(c([N+](=O)[O-])c4)NC(C4CCC(O)CC4)CO5)c(Oc4cnc5[nH]ccc5c4)c3)CC2)C1. The van der Waals surface area contributed by atoms with Crippen molar-refractivity contribution in [3.8, 4) is 17.2 Å². The number of aromatic nitrogens is 3. The maximum Gasteiger partial charge on any atom is 0.297 e. The van der Waals surface area contributed by atoms with Crippen molar-refractivity contribution < 1.29 is 32.7 Å². The first-order valence-corrected chi connectivity index (χ1v) is 24.5. The second-order valence-electron chi connectivity index (χ2n) is 19.1. The second-order valence-corrected chi connectivity index (χ2v) is 20.8. The van der Waals surface area contributed by atoms with Crippen molar-refractivity contribution in [2.45, 2.75) is 113 Å². The first-order valence-electron chi connectivity index (χ1n) is 23.0. The van der Waals surface area contributed by atoms with E-state index in [9.17, 15) is 28.4 Å². The van der Waals surface area contributed by atoms with E-state index in [-0.39, 0.29) is 53.0 Å². The van der Waals surface area contributed by atoms with Gasteiger partial charge in [0.05, 0.1) is 40.0 Å². The zero-order valence-corrected chi connectivity index (χ0v) is 37.6. The molecule has 0 radical (unpaired) electrons. The van der Waals surface area contributed by atoms with Gasteiger partial charge < -0.3 is 29.8 Å². The molecule has 6 heterocycles. The monoisotopic (exact) mass is 904 g/mol. The van der Waals surface area contributed by atoms with Crippen molar-refractivity contribution in [3.05, 3.63) is 100 Å². The van der Waals surface area contributed by atoms with Crippen molar-refractivity contribution in [1.29, 1.82) is 0 Å². The van der Waals surface area contributed by atoms with Gasteiger partial charge in [0.2, 0.25) is 0 Å². The molecule has 10 rings (SSSR count). The number of carbonyl (C=O) groups excluding carboxylic acids is 1. The van der Waals surface area contributed by atoms with Gasteiger partial charge in [0.25, 0.3) is 21.6 Å². The summed E-state index contributed by atoms with van der Waals surface area (Å²) in [6, 6.07) is 17.2. The van der Waals surface area contributed by atoms with Crippen LogP contribution < -0.4 is 24.4 Å². The Kier molecular flexibility index (Phi) is 11.4. The number of aromatic amines is 1. The fraction of sp³-hybridized carbons (Fsp3) is 0.479. The molecule has 1 unspecified atom stereocenters. The molecule has 342 valence electrons. The molecule has 5 aliphatic rings. The minimum atomic E-state index is -4.69. The molecule has 4 N–H and O–H groups in total. The van der Waals surface area contributed by atoms with Crippen LogP contribution in [-0.4, -0.2) is 88.6 Å². The number of hydrogen-bond donors (Lipinski definition) is 4. The number of hydrogen-bond acceptors (Lipinski definition) is 13. The molecular weight excluding hydrogens is 849 g/mol. The van der Waals surface area contributed by atoms with Crippen LogP contribution in [0.3, 0.4) is 0 Å². The maximum absolute atomic E-state index is 14.0. The number of ether oxygens (including phenoxy) is 2. The molecule has 16 nitrogen and oxygen atoms in total. The highest BCUT2D eigenvalue weighted by Gasteiger charge is 2.50. The summed E-state index contributed by atoms with van der Waals surface area (Å²) < 4.78 is 42.1. The molecule has 4 fully saturated rings. The van der Waals surface area contributed by atoms with Crippen molar-refractivity contribution in [2.24, 2.45) is 11.3 Å². The van der Waals surface area contributed by atoms with Crippen LogP contribution in [0, 0.1) is 21.4 Å². The fourth-order valence-electron chi connectivity index (χ4n) is 11.2. The molecule has 2 atom stereocenters. The number of sulfonamides is 1. The molecule has 3 aliphatic heterocycles. The number of H-pyrrole nitrogens is 1. The number of aliphatic hydroxyl groups excluding tert-OH is 1. The Labute approximate surface area is 378 Å². The van der Waals surface area contributed by atoms with Gasteiger partial charge in [-0.25, -0.2) is 23.1 Å². The Morgan fingerprint density at radius 1 is 1.02 bits per heavy atom. The van der Waals surface area contributed by atoms with E-state index >= 15 is 0 Å². The number of nitro groups is 1. The smallest absolute Gasteiger partial charge is 0.297 e. The number of fused-ring (bicyclic) bond motifs is 2. The molecule has 2 saturated heterocycles. The predicted octanol–water partition coefficient (Wildman–Crippen LogP) is 8.21. The summed E-state index contributed by atoms with van der Waals surface area (Å²) in [4.78, 5) is 42.2. The Hall–Kier alpha value is -5.78. The summed E-state index contributed by atoms with van der Waals surface area (Å²) in [6.07, 6.45) is 14.0. The second kappa shape index (κ2) is 17.2. The summed E-state index contributed by atoms with van der Waals surface area (Å²) >= 11 is 0. The van der Waals surface area contributed by atoms with E-state index in [1.807, 2.05) is 6.07 Å². The lowest BCUT2D eigenvalue weighted by Crippen LogP contribution is -2.55. The predicted molar refractivity (Wildman–Crippen MR) is 245 cm³/mol. The number of rotatable bonds is 11. The largest absolute Gasteiger partial charge is 0.489 e. The quantitative estimate of drug-likeness (QED) is 0.0730. The number of benzene rings is 2. The van der Waals surface area contributed by atoms with E-state index in [0.717, 1.165) is 62.5 Å². The maximum atomic E-state index is 14.0. The molecule has 2 saturated carbocycles. The fourth-order valence-corrected chi connectivity index (χ4v) is 12.2. The van der Waals surface area contributed by atoms with Crippen LogP contribution in [0.4, 0.5) is 17.1 Å². The van der Waals surface area contributed by atoms with Gasteiger partial charge in [0.1, 0.15) is 18.0 Å². The van der Waals surface area contributed by atoms with Crippen LogP contribution in [-0.2, 0) is 10.0 Å². The first kappa shape index (κ1) is 43.1. The number of amides is 1. The summed E-state index contributed by atoms with van der Waals surface area (Å²) in [7, 11) is -4.69. The van der Waals surface area contributed by atoms with Gasteiger partial charge in [-0.1, -0.05) is 38.1 Å². The van der Waals surface area contributed by atoms with Gasteiger partial charge >= 0.3 is 0 Å². The van der Waals surface area contributed by atoms with Crippen molar-refractivity contribution in [3.63, 3.8) is 0 Å². The lowest BCUT2D eigenvalue weighted by atomic mass is 9.59. The van der Waals surface area contributed by atoms with E-state index in [1.54, 1.807) is 24.5 Å². The van der Waals surface area contributed by atoms with E-state index in [2.05, 4.69) is 72.9 Å². The van der Waals surface area contributed by atoms with Crippen LogP contribution in [0.5, 0.6) is 17.2 Å². The third-order valence-corrected chi connectivity index (χ3v) is 16.1. The molecular formula is C48H56N8O8S. The molecule has 0 bridgehead atoms. The molecule has 2 aliphatic carbocycles. The standard InChI is InChI=1S/C48H56N8O8S/c1-29(2)37-6-3-4-7-38(37)40-8-5-17-55(40)33-24-48(25-33)14-18-54(19-15-48)32-21-43(64-35-20-31-13-16-49-46(31)51-27-35)45(50-26-32)47(58)53-65(61,62)36-22-41(56(59)60)44-42(23-36)63-28-39(52-44)30-9-11-34(57)12-10-30/h3-4,6-7,13,16,20-23,26-27,29-30,33-34,39-40,52,57H,5,8-12,14-15,17-19,24-25,28H2,1-2H3,(H,49,51)(H,53,58)/t30?,34?,39?,40-/m0/s1. The zero-order chi connectivity index (χ0) is 45.0. The van der Waals surface area contributed by atoms with Gasteiger partial charge in [-0.3, -0.25) is 19.8 Å². The van der Waals surface area contributed by atoms with Gasteiger partial charge in [0, 0.05) is 55.0 Å². The minimum Gasteiger partial charge on any atom is -0.489 e. The van der Waals surface area contributed by atoms with E-state index in [4.69, 9.17) is 9.47 Å². The normalized spacial score (nSPS) is 23.4. The highest BCUT2D eigenvalue weighted by Crippen LogP contribution is 2.54. The van der Waals surface area contributed by atoms with Crippen molar-refractivity contribution >= 4 is 44.0 Å². The molecule has 1 amide bonds. The van der Waals surface area contributed by atoms with E-state index in [0.29, 0.717) is 42.2 Å². The van der Waals surface area contributed by atoms with Crippen molar-refractivity contribution in [1.82, 2.24) is 24.6 Å². The van der Waals surface area contributed by atoms with Crippen LogP contribution in [0.15, 0.2) is 78.1 Å². The third-order valence-electron chi connectivity index (χ3n) is 14.8. The van der Waals surface area contributed by atoms with Gasteiger partial charge in [-0.15, -0.1) is 0 Å². The summed E-state index contributed by atoms with van der Waals surface area (Å²) in [6.45, 7) is 7.45. The van der Waals surface area contributed by atoms with Gasteiger partial charge in [-0.2, -0.15) is 0 Å². The number of nitrogens with zero attached hydrogens (tertiary/aromatic N) is 5. The Bertz CT molecular complexity index is 2720. The first-order chi connectivity index (χ1) is 31.3. The van der Waals surface area contributed by atoms with E-state index in [1.165, 1.54) is 49.1 Å².